The predicted octanol–water partition coefficient (Wildman–Crippen LogP) is 4.97. The van der Waals surface area contributed by atoms with E-state index in [4.69, 9.17) is 4.74 Å². The van der Waals surface area contributed by atoms with Crippen molar-refractivity contribution in [3.05, 3.63) is 71.5 Å². The fraction of sp³-hybridized carbons (Fsp3) is 0.480. The summed E-state index contributed by atoms with van der Waals surface area (Å²) in [6.45, 7) is 5.84. The zero-order chi connectivity index (χ0) is 21.6. The van der Waals surface area contributed by atoms with E-state index in [1.165, 1.54) is 12.1 Å². The molecule has 1 saturated heterocycles. The molecule has 4 nitrogen and oxygen atoms in total. The van der Waals surface area contributed by atoms with Crippen molar-refractivity contribution in [1.29, 1.82) is 0 Å². The van der Waals surface area contributed by atoms with Gasteiger partial charge in [0.25, 0.3) is 5.91 Å². The van der Waals surface area contributed by atoms with Gasteiger partial charge in [0.05, 0.1) is 18.2 Å². The van der Waals surface area contributed by atoms with Crippen molar-refractivity contribution in [2.75, 3.05) is 20.3 Å². The second kappa shape index (κ2) is 10.2. The molecule has 3 atom stereocenters. The zero-order valence-electron chi connectivity index (χ0n) is 18.2. The molecule has 3 rings (SSSR count). The van der Waals surface area contributed by atoms with Crippen molar-refractivity contribution < 1.29 is 13.9 Å². The maximum Gasteiger partial charge on any atom is 0.254 e. The number of amides is 1. The summed E-state index contributed by atoms with van der Waals surface area (Å²) in [5.41, 5.74) is 0.878. The number of likely N-dealkylation sites (tertiary alicyclic amines) is 1. The van der Waals surface area contributed by atoms with Gasteiger partial charge < -0.3 is 10.1 Å². The Morgan fingerprint density at radius 3 is 2.53 bits per heavy atom. The van der Waals surface area contributed by atoms with E-state index in [1.54, 1.807) is 19.2 Å². The van der Waals surface area contributed by atoms with Crippen LogP contribution >= 0.6 is 0 Å². The van der Waals surface area contributed by atoms with Gasteiger partial charge in [-0.2, -0.15) is 0 Å². The summed E-state index contributed by atoms with van der Waals surface area (Å²) in [5, 5.41) is 3.21. The molecule has 0 aliphatic carbocycles. The molecule has 0 radical (unpaired) electrons. The number of ether oxygens (including phenoxy) is 1. The van der Waals surface area contributed by atoms with Crippen LogP contribution in [0.25, 0.3) is 0 Å². The molecule has 0 saturated carbocycles. The van der Waals surface area contributed by atoms with Crippen LogP contribution in [0.5, 0.6) is 0 Å². The summed E-state index contributed by atoms with van der Waals surface area (Å²) in [7, 11) is 1.72. The lowest BCUT2D eigenvalue weighted by Gasteiger charge is -2.46. The van der Waals surface area contributed by atoms with Gasteiger partial charge in [-0.1, -0.05) is 56.3 Å². The number of nitrogens with zero attached hydrogens (tertiary/aromatic N) is 1. The van der Waals surface area contributed by atoms with Crippen LogP contribution in [-0.4, -0.2) is 42.6 Å². The van der Waals surface area contributed by atoms with Gasteiger partial charge in [-0.05, 0) is 43.4 Å². The Morgan fingerprint density at radius 2 is 1.90 bits per heavy atom. The van der Waals surface area contributed by atoms with Gasteiger partial charge in [0.2, 0.25) is 0 Å². The average Bonchev–Trinajstić information content (AvgIpc) is 3.15. The van der Waals surface area contributed by atoms with E-state index in [-0.39, 0.29) is 23.1 Å². The second-order valence-corrected chi connectivity index (χ2v) is 8.04. The lowest BCUT2D eigenvalue weighted by molar-refractivity contribution is 0.0300. The quantitative estimate of drug-likeness (QED) is 0.632. The fourth-order valence-electron chi connectivity index (χ4n) is 5.02. The molecule has 30 heavy (non-hydrogen) atoms. The SMILES string of the molecule is CCC1CCC(CC)(C(NC(=O)c2ccccc2F)c2ccccc2)N1CCOC. The molecule has 0 spiro atoms. The van der Waals surface area contributed by atoms with Gasteiger partial charge >= 0.3 is 0 Å². The Kier molecular flexibility index (Phi) is 7.62. The topological polar surface area (TPSA) is 41.6 Å². The Hall–Kier alpha value is -2.24. The van der Waals surface area contributed by atoms with Crippen LogP contribution in [0.2, 0.25) is 0 Å². The van der Waals surface area contributed by atoms with Gasteiger partial charge in [0.15, 0.2) is 0 Å². The Labute approximate surface area is 179 Å². The summed E-state index contributed by atoms with van der Waals surface area (Å²) in [6.07, 6.45) is 3.98. The van der Waals surface area contributed by atoms with Crippen molar-refractivity contribution in [2.24, 2.45) is 0 Å². The molecule has 1 aliphatic rings. The maximum atomic E-state index is 14.3. The van der Waals surface area contributed by atoms with Crippen LogP contribution < -0.4 is 5.32 Å². The molecule has 3 unspecified atom stereocenters. The van der Waals surface area contributed by atoms with E-state index in [0.29, 0.717) is 12.6 Å². The lowest BCUT2D eigenvalue weighted by atomic mass is 9.80. The molecular weight excluding hydrogens is 379 g/mol. The first-order valence-electron chi connectivity index (χ1n) is 10.9. The first kappa shape index (κ1) is 22.4. The number of hydrogen-bond acceptors (Lipinski definition) is 3. The van der Waals surface area contributed by atoms with E-state index >= 15 is 0 Å². The average molecular weight is 413 g/mol. The number of hydrogen-bond donors (Lipinski definition) is 1. The zero-order valence-corrected chi connectivity index (χ0v) is 18.2. The van der Waals surface area contributed by atoms with E-state index in [2.05, 4.69) is 36.2 Å². The largest absolute Gasteiger partial charge is 0.383 e. The molecule has 162 valence electrons. The summed E-state index contributed by atoms with van der Waals surface area (Å²) in [5.74, 6) is -0.872. The van der Waals surface area contributed by atoms with E-state index in [0.717, 1.165) is 37.8 Å². The summed E-state index contributed by atoms with van der Waals surface area (Å²) < 4.78 is 19.7. The molecule has 1 N–H and O–H groups in total. The summed E-state index contributed by atoms with van der Waals surface area (Å²) in [4.78, 5) is 15.7. The monoisotopic (exact) mass is 412 g/mol. The van der Waals surface area contributed by atoms with Crippen LogP contribution in [0.4, 0.5) is 4.39 Å². The Bertz CT molecular complexity index is 829. The third-order valence-corrected chi connectivity index (χ3v) is 6.61. The van der Waals surface area contributed by atoms with Crippen LogP contribution in [0, 0.1) is 5.82 Å². The van der Waals surface area contributed by atoms with Gasteiger partial charge in [0.1, 0.15) is 5.82 Å². The molecule has 0 bridgehead atoms. The van der Waals surface area contributed by atoms with E-state index in [1.807, 2.05) is 18.2 Å². The van der Waals surface area contributed by atoms with Crippen molar-refractivity contribution >= 4 is 5.91 Å². The molecule has 5 heteroatoms. The number of nitrogens with one attached hydrogen (secondary N) is 1. The van der Waals surface area contributed by atoms with Crippen molar-refractivity contribution in [2.45, 2.75) is 57.2 Å². The van der Waals surface area contributed by atoms with Gasteiger partial charge in [-0.3, -0.25) is 9.69 Å². The molecule has 2 aromatic carbocycles. The lowest BCUT2D eigenvalue weighted by Crippen LogP contribution is -2.56. The molecule has 1 aliphatic heterocycles. The van der Waals surface area contributed by atoms with Crippen LogP contribution in [-0.2, 0) is 4.74 Å². The molecule has 1 amide bonds. The smallest absolute Gasteiger partial charge is 0.254 e. The number of halogens is 1. The van der Waals surface area contributed by atoms with E-state index < -0.39 is 5.82 Å². The molecule has 1 fully saturated rings. The van der Waals surface area contributed by atoms with Crippen LogP contribution in [0.3, 0.4) is 0 Å². The highest BCUT2D eigenvalue weighted by Crippen LogP contribution is 2.46. The molecular formula is C25H33FN2O2. The van der Waals surface area contributed by atoms with Crippen molar-refractivity contribution in [3.8, 4) is 0 Å². The fourth-order valence-corrected chi connectivity index (χ4v) is 5.02. The number of benzene rings is 2. The third kappa shape index (κ3) is 4.42. The minimum atomic E-state index is -0.499. The highest BCUT2D eigenvalue weighted by molar-refractivity contribution is 5.94. The first-order valence-corrected chi connectivity index (χ1v) is 10.9. The minimum Gasteiger partial charge on any atom is -0.383 e. The van der Waals surface area contributed by atoms with Crippen molar-refractivity contribution in [3.63, 3.8) is 0 Å². The summed E-state index contributed by atoms with van der Waals surface area (Å²) in [6, 6.07) is 16.4. The second-order valence-electron chi connectivity index (χ2n) is 8.04. The molecule has 0 aromatic heterocycles. The standard InChI is InChI=1S/C25H33FN2O2/c1-4-20-15-16-25(5-2,28(20)17-18-30-3)23(19-11-7-6-8-12-19)27-24(29)21-13-9-10-14-22(21)26/h6-14,20,23H,4-5,15-18H2,1-3H3,(H,27,29). The molecule has 2 aromatic rings. The Morgan fingerprint density at radius 1 is 1.20 bits per heavy atom. The highest BCUT2D eigenvalue weighted by Gasteiger charge is 2.50. The highest BCUT2D eigenvalue weighted by atomic mass is 19.1. The Balaban J connectivity index is 2.02. The van der Waals surface area contributed by atoms with Gasteiger partial charge in [0, 0.05) is 25.2 Å². The molecule has 1 heterocycles. The van der Waals surface area contributed by atoms with Crippen molar-refractivity contribution in [1.82, 2.24) is 10.2 Å². The van der Waals surface area contributed by atoms with Gasteiger partial charge in [-0.15, -0.1) is 0 Å². The third-order valence-electron chi connectivity index (χ3n) is 6.61. The normalized spacial score (nSPS) is 22.7. The minimum absolute atomic E-state index is 0.0816. The van der Waals surface area contributed by atoms with Crippen LogP contribution in [0.1, 0.15) is 61.5 Å². The number of rotatable bonds is 9. The number of carbonyl (C=O) groups is 1. The number of carbonyl (C=O) groups excluding carboxylic acids is 1. The summed E-state index contributed by atoms with van der Waals surface area (Å²) >= 11 is 0. The van der Waals surface area contributed by atoms with Crippen LogP contribution in [0.15, 0.2) is 54.6 Å². The first-order chi connectivity index (χ1) is 14.6. The van der Waals surface area contributed by atoms with Gasteiger partial charge in [-0.25, -0.2) is 4.39 Å². The van der Waals surface area contributed by atoms with E-state index in [9.17, 15) is 9.18 Å². The maximum absolute atomic E-state index is 14.3. The number of methoxy groups -OCH3 is 1. The predicted molar refractivity (Wildman–Crippen MR) is 118 cm³/mol.